The van der Waals surface area contributed by atoms with Gasteiger partial charge in [-0.2, -0.15) is 0 Å². The normalized spacial score (nSPS) is 9.89. The number of hydrogen-bond acceptors (Lipinski definition) is 2. The first kappa shape index (κ1) is 6.96. The van der Waals surface area contributed by atoms with Gasteiger partial charge < -0.3 is 4.98 Å². The Hall–Kier alpha value is -0.150. The third-order valence-corrected chi connectivity index (χ3v) is 2.20. The Morgan fingerprint density at radius 3 is 3.00 bits per heavy atom. The third kappa shape index (κ3) is 1.91. The van der Waals surface area contributed by atoms with E-state index in [0.29, 0.717) is 0 Å². The molecule has 0 saturated carbocycles. The minimum absolute atomic E-state index is 0.887. The van der Waals surface area contributed by atoms with Crippen molar-refractivity contribution in [1.29, 1.82) is 0 Å². The number of hydrogen-bond donors (Lipinski definition) is 1. The molecule has 1 heterocycles. The molecule has 0 aliphatic heterocycles. The lowest BCUT2D eigenvalue weighted by Gasteiger charge is -1.86. The number of aromatic amines is 1. The summed E-state index contributed by atoms with van der Waals surface area (Å²) in [5.74, 6) is 0. The molecule has 1 aromatic heterocycles. The molecule has 1 nitrogen and oxygen atoms in total. The molecule has 0 bridgehead atoms. The lowest BCUT2D eigenvalue weighted by molar-refractivity contribution is 0.891. The fourth-order valence-electron chi connectivity index (χ4n) is 0.705. The average molecular weight is 159 g/mol. The van der Waals surface area contributed by atoms with E-state index in [0.717, 1.165) is 10.4 Å². The Bertz CT molecular complexity index is 223. The lowest BCUT2D eigenvalue weighted by Crippen LogP contribution is -1.79. The van der Waals surface area contributed by atoms with E-state index in [1.54, 1.807) is 11.3 Å². The summed E-state index contributed by atoms with van der Waals surface area (Å²) in [6.45, 7) is 2.16. The van der Waals surface area contributed by atoms with Crippen LogP contribution in [0, 0.1) is 3.95 Å². The van der Waals surface area contributed by atoms with Gasteiger partial charge >= 0.3 is 0 Å². The van der Waals surface area contributed by atoms with E-state index in [1.165, 1.54) is 12.1 Å². The van der Waals surface area contributed by atoms with Gasteiger partial charge in [0.1, 0.15) is 0 Å². The van der Waals surface area contributed by atoms with Crippen LogP contribution < -0.4 is 0 Å². The second kappa shape index (κ2) is 3.13. The van der Waals surface area contributed by atoms with E-state index >= 15 is 0 Å². The van der Waals surface area contributed by atoms with Crippen LogP contribution >= 0.6 is 23.6 Å². The molecule has 0 fully saturated rings. The van der Waals surface area contributed by atoms with Crippen LogP contribution in [0.3, 0.4) is 0 Å². The van der Waals surface area contributed by atoms with E-state index in [-0.39, 0.29) is 0 Å². The van der Waals surface area contributed by atoms with Crippen LogP contribution in [0.25, 0.3) is 0 Å². The highest BCUT2D eigenvalue weighted by Gasteiger charge is 1.89. The highest BCUT2D eigenvalue weighted by Crippen LogP contribution is 2.05. The van der Waals surface area contributed by atoms with Crippen molar-refractivity contribution < 1.29 is 0 Å². The van der Waals surface area contributed by atoms with E-state index < -0.39 is 0 Å². The molecule has 0 aromatic carbocycles. The summed E-state index contributed by atoms with van der Waals surface area (Å²) in [5.41, 5.74) is 1.27. The van der Waals surface area contributed by atoms with Gasteiger partial charge in [0.15, 0.2) is 3.95 Å². The summed E-state index contributed by atoms with van der Waals surface area (Å²) in [4.78, 5) is 3.11. The second-order valence-electron chi connectivity index (χ2n) is 1.92. The van der Waals surface area contributed by atoms with Gasteiger partial charge in [-0.1, -0.05) is 13.3 Å². The molecule has 0 amide bonds. The fourth-order valence-corrected chi connectivity index (χ4v) is 1.60. The molecular weight excluding hydrogens is 150 g/mol. The van der Waals surface area contributed by atoms with Crippen LogP contribution in [-0.2, 0) is 6.42 Å². The van der Waals surface area contributed by atoms with Gasteiger partial charge in [0.2, 0.25) is 0 Å². The first-order valence-electron chi connectivity index (χ1n) is 2.99. The number of thiazole rings is 1. The SMILES string of the molecule is CCCc1csc(=S)[nH]1. The van der Waals surface area contributed by atoms with Gasteiger partial charge in [0, 0.05) is 11.1 Å². The van der Waals surface area contributed by atoms with Crippen molar-refractivity contribution in [3.05, 3.63) is 15.0 Å². The largest absolute Gasteiger partial charge is 0.341 e. The Labute approximate surface area is 63.7 Å². The number of nitrogens with one attached hydrogen (secondary N) is 1. The molecule has 1 aromatic rings. The quantitative estimate of drug-likeness (QED) is 0.656. The van der Waals surface area contributed by atoms with Crippen LogP contribution in [0.2, 0.25) is 0 Å². The summed E-state index contributed by atoms with van der Waals surface area (Å²) < 4.78 is 0.887. The minimum atomic E-state index is 0.887. The van der Waals surface area contributed by atoms with Gasteiger partial charge in [-0.3, -0.25) is 0 Å². The third-order valence-electron chi connectivity index (χ3n) is 1.09. The summed E-state index contributed by atoms with van der Waals surface area (Å²) in [7, 11) is 0. The molecule has 9 heavy (non-hydrogen) atoms. The monoisotopic (exact) mass is 159 g/mol. The zero-order valence-corrected chi connectivity index (χ0v) is 6.94. The molecule has 0 spiro atoms. The molecule has 0 radical (unpaired) electrons. The first-order valence-corrected chi connectivity index (χ1v) is 4.28. The fraction of sp³-hybridized carbons (Fsp3) is 0.500. The smallest absolute Gasteiger partial charge is 0.158 e. The highest BCUT2D eigenvalue weighted by atomic mass is 32.1. The van der Waals surface area contributed by atoms with E-state index in [9.17, 15) is 0 Å². The summed E-state index contributed by atoms with van der Waals surface area (Å²) in [5, 5.41) is 2.09. The molecule has 0 saturated heterocycles. The number of rotatable bonds is 2. The van der Waals surface area contributed by atoms with Gasteiger partial charge in [0.05, 0.1) is 0 Å². The number of aryl methyl sites for hydroxylation is 1. The summed E-state index contributed by atoms with van der Waals surface area (Å²) >= 11 is 6.51. The van der Waals surface area contributed by atoms with Crippen LogP contribution in [-0.4, -0.2) is 4.98 Å². The van der Waals surface area contributed by atoms with Crippen LogP contribution in [0.1, 0.15) is 19.0 Å². The van der Waals surface area contributed by atoms with E-state index in [4.69, 9.17) is 12.2 Å². The van der Waals surface area contributed by atoms with Crippen LogP contribution in [0.5, 0.6) is 0 Å². The first-order chi connectivity index (χ1) is 4.33. The average Bonchev–Trinajstić information content (AvgIpc) is 2.17. The van der Waals surface area contributed by atoms with E-state index in [2.05, 4.69) is 17.3 Å². The molecule has 1 N–H and O–H groups in total. The Kier molecular flexibility index (Phi) is 2.42. The summed E-state index contributed by atoms with van der Waals surface area (Å²) in [6.07, 6.45) is 2.30. The topological polar surface area (TPSA) is 15.8 Å². The standard InChI is InChI=1S/C6H9NS2/c1-2-3-5-4-9-6(8)7-5/h4H,2-3H2,1H3,(H,7,8). The van der Waals surface area contributed by atoms with Gasteiger partial charge in [-0.05, 0) is 18.6 Å². The molecule has 3 heteroatoms. The Balaban J connectivity index is 2.73. The van der Waals surface area contributed by atoms with Crippen molar-refractivity contribution in [3.8, 4) is 0 Å². The maximum absolute atomic E-state index is 4.91. The zero-order chi connectivity index (χ0) is 6.69. The van der Waals surface area contributed by atoms with Crippen LogP contribution in [0.4, 0.5) is 0 Å². The molecule has 50 valence electrons. The predicted molar refractivity (Wildman–Crippen MR) is 43.5 cm³/mol. The Morgan fingerprint density at radius 2 is 2.56 bits per heavy atom. The van der Waals surface area contributed by atoms with Crippen molar-refractivity contribution in [3.63, 3.8) is 0 Å². The predicted octanol–water partition coefficient (Wildman–Crippen LogP) is 2.76. The lowest BCUT2D eigenvalue weighted by atomic mass is 10.3. The zero-order valence-electron chi connectivity index (χ0n) is 5.31. The highest BCUT2D eigenvalue weighted by molar-refractivity contribution is 7.73. The van der Waals surface area contributed by atoms with Gasteiger partial charge in [-0.25, -0.2) is 0 Å². The Morgan fingerprint density at radius 1 is 1.78 bits per heavy atom. The minimum Gasteiger partial charge on any atom is -0.341 e. The van der Waals surface area contributed by atoms with Crippen molar-refractivity contribution >= 4 is 23.6 Å². The molecule has 0 aliphatic carbocycles. The molecular formula is C6H9NS2. The maximum Gasteiger partial charge on any atom is 0.158 e. The maximum atomic E-state index is 4.91. The van der Waals surface area contributed by atoms with Crippen molar-refractivity contribution in [2.45, 2.75) is 19.8 Å². The number of H-pyrrole nitrogens is 1. The molecule has 1 rings (SSSR count). The van der Waals surface area contributed by atoms with E-state index in [1.807, 2.05) is 0 Å². The number of aromatic nitrogens is 1. The van der Waals surface area contributed by atoms with Crippen molar-refractivity contribution in [2.24, 2.45) is 0 Å². The van der Waals surface area contributed by atoms with Crippen LogP contribution in [0.15, 0.2) is 5.38 Å². The second-order valence-corrected chi connectivity index (χ2v) is 3.47. The molecule has 0 aliphatic rings. The van der Waals surface area contributed by atoms with Crippen molar-refractivity contribution in [1.82, 2.24) is 4.98 Å². The van der Waals surface area contributed by atoms with Crippen molar-refractivity contribution in [2.75, 3.05) is 0 Å². The molecule has 0 atom stereocenters. The molecule has 0 unspecified atom stereocenters. The van der Waals surface area contributed by atoms with Gasteiger partial charge in [-0.15, -0.1) is 11.3 Å². The summed E-state index contributed by atoms with van der Waals surface area (Å²) in [6, 6.07) is 0. The van der Waals surface area contributed by atoms with Gasteiger partial charge in [0.25, 0.3) is 0 Å².